The van der Waals surface area contributed by atoms with Crippen molar-refractivity contribution < 1.29 is 38.2 Å². The van der Waals surface area contributed by atoms with Crippen molar-refractivity contribution in [3.8, 4) is 17.2 Å². The number of esters is 1. The van der Waals surface area contributed by atoms with Gasteiger partial charge in [0.2, 0.25) is 13.4 Å². The second kappa shape index (κ2) is 10.1. The molecule has 10 nitrogen and oxygen atoms in total. The molecule has 0 saturated carbocycles. The van der Waals surface area contributed by atoms with E-state index in [4.69, 9.17) is 23.8 Å². The maximum atomic E-state index is 12.1. The van der Waals surface area contributed by atoms with Gasteiger partial charge >= 0.3 is 5.97 Å². The molecule has 0 aromatic heterocycles. The molecule has 0 bridgehead atoms. The molecule has 0 aliphatic carbocycles. The molecule has 2 aromatic rings. The van der Waals surface area contributed by atoms with Gasteiger partial charge in [-0.1, -0.05) is 17.3 Å². The topological polar surface area (TPSA) is 122 Å². The minimum absolute atomic E-state index is 0.162. The van der Waals surface area contributed by atoms with Crippen LogP contribution in [0.2, 0.25) is 0 Å². The number of hydrogen-bond acceptors (Lipinski definition) is 9. The molecular weight excluding hydrogens is 408 g/mol. The number of rotatable bonds is 8. The highest BCUT2D eigenvalue weighted by Crippen LogP contribution is 2.32. The number of nitrogens with one attached hydrogen (secondary N) is 1. The number of amides is 2. The Morgan fingerprint density at radius 1 is 1.06 bits per heavy atom. The fourth-order valence-corrected chi connectivity index (χ4v) is 2.61. The Hall–Kier alpha value is -4.08. The van der Waals surface area contributed by atoms with Gasteiger partial charge in [-0.2, -0.15) is 0 Å². The molecular formula is C21H20N2O8. The molecule has 3 rings (SSSR count). The number of fused-ring (bicyclic) bond motifs is 1. The summed E-state index contributed by atoms with van der Waals surface area (Å²) in [5.41, 5.74) is 1.42. The van der Waals surface area contributed by atoms with Gasteiger partial charge in [0.15, 0.2) is 18.1 Å². The van der Waals surface area contributed by atoms with Crippen LogP contribution in [0.3, 0.4) is 0 Å². The molecule has 2 aromatic carbocycles. The van der Waals surface area contributed by atoms with Crippen LogP contribution in [0.4, 0.5) is 0 Å². The van der Waals surface area contributed by atoms with Crippen molar-refractivity contribution in [1.29, 1.82) is 0 Å². The zero-order valence-corrected chi connectivity index (χ0v) is 16.9. The number of methoxy groups -OCH3 is 1. The summed E-state index contributed by atoms with van der Waals surface area (Å²) in [5, 5.41) is 5.96. The fourth-order valence-electron chi connectivity index (χ4n) is 2.61. The summed E-state index contributed by atoms with van der Waals surface area (Å²) >= 11 is 0. The molecule has 31 heavy (non-hydrogen) atoms. The molecule has 0 fully saturated rings. The Bertz CT molecular complexity index is 1020. The van der Waals surface area contributed by atoms with Crippen LogP contribution in [-0.4, -0.2) is 50.6 Å². The standard InChI is InChI=1S/C21H20N2O8/c1-13(14-7-8-17-18(9-14)30-12-29-17)23-31-11-20(25)28-10-19(24)22-21(26)15-5-3-4-6-16(15)27-2/h3-9H,10-12H2,1-2H3,(H,22,24,26)/b23-13-. The molecule has 1 N–H and O–H groups in total. The van der Waals surface area contributed by atoms with Gasteiger partial charge < -0.3 is 23.8 Å². The predicted molar refractivity (Wildman–Crippen MR) is 107 cm³/mol. The fraction of sp³-hybridized carbons (Fsp3) is 0.238. The Morgan fingerprint density at radius 2 is 1.84 bits per heavy atom. The maximum absolute atomic E-state index is 12.1. The van der Waals surface area contributed by atoms with E-state index in [1.807, 2.05) is 0 Å². The van der Waals surface area contributed by atoms with Crippen molar-refractivity contribution in [2.45, 2.75) is 6.92 Å². The quantitative estimate of drug-likeness (QED) is 0.383. The van der Waals surface area contributed by atoms with Crippen molar-refractivity contribution in [3.63, 3.8) is 0 Å². The summed E-state index contributed by atoms with van der Waals surface area (Å²) in [4.78, 5) is 40.7. The molecule has 0 saturated heterocycles. The summed E-state index contributed by atoms with van der Waals surface area (Å²) in [6.45, 7) is 0.707. The lowest BCUT2D eigenvalue weighted by atomic mass is 10.1. The first-order chi connectivity index (χ1) is 15.0. The Kier molecular flexibility index (Phi) is 7.05. The third-order valence-corrected chi connectivity index (χ3v) is 4.14. The van der Waals surface area contributed by atoms with Gasteiger partial charge in [-0.3, -0.25) is 14.9 Å². The van der Waals surface area contributed by atoms with Crippen LogP contribution in [0.1, 0.15) is 22.8 Å². The number of oxime groups is 1. The van der Waals surface area contributed by atoms with E-state index in [1.165, 1.54) is 13.2 Å². The van der Waals surface area contributed by atoms with Gasteiger partial charge in [0.25, 0.3) is 11.8 Å². The van der Waals surface area contributed by atoms with Gasteiger partial charge in [0.1, 0.15) is 5.75 Å². The van der Waals surface area contributed by atoms with E-state index in [0.717, 1.165) is 5.56 Å². The molecule has 10 heteroatoms. The summed E-state index contributed by atoms with van der Waals surface area (Å²) in [7, 11) is 1.41. The van der Waals surface area contributed by atoms with E-state index in [0.29, 0.717) is 23.0 Å². The lowest BCUT2D eigenvalue weighted by molar-refractivity contribution is -0.152. The second-order valence-electron chi connectivity index (χ2n) is 6.26. The second-order valence-corrected chi connectivity index (χ2v) is 6.26. The van der Waals surface area contributed by atoms with Gasteiger partial charge in [-0.15, -0.1) is 0 Å². The van der Waals surface area contributed by atoms with Crippen LogP contribution in [0, 0.1) is 0 Å². The third kappa shape index (κ3) is 5.72. The summed E-state index contributed by atoms with van der Waals surface area (Å²) in [6, 6.07) is 11.7. The summed E-state index contributed by atoms with van der Waals surface area (Å²) in [6.07, 6.45) is 0. The number of ether oxygens (including phenoxy) is 4. The number of imide groups is 1. The van der Waals surface area contributed by atoms with Crippen LogP contribution in [0.25, 0.3) is 0 Å². The molecule has 1 aliphatic rings. The highest BCUT2D eigenvalue weighted by Gasteiger charge is 2.17. The van der Waals surface area contributed by atoms with E-state index >= 15 is 0 Å². The van der Waals surface area contributed by atoms with Crippen molar-refractivity contribution in [2.24, 2.45) is 5.16 Å². The van der Waals surface area contributed by atoms with Gasteiger partial charge in [-0.05, 0) is 37.3 Å². The molecule has 0 radical (unpaired) electrons. The van der Waals surface area contributed by atoms with Gasteiger partial charge in [0.05, 0.1) is 18.4 Å². The maximum Gasteiger partial charge on any atom is 0.347 e. The number of carbonyl (C=O) groups is 3. The normalized spacial score (nSPS) is 12.1. The molecule has 1 heterocycles. The zero-order chi connectivity index (χ0) is 22.2. The first-order valence-electron chi connectivity index (χ1n) is 9.17. The SMILES string of the molecule is COc1ccccc1C(=O)NC(=O)COC(=O)CO/N=C(/C)c1ccc2c(c1)OCO2. The van der Waals surface area contributed by atoms with Crippen LogP contribution in [-0.2, 0) is 19.2 Å². The molecule has 1 aliphatic heterocycles. The van der Waals surface area contributed by atoms with Crippen LogP contribution in [0.5, 0.6) is 17.2 Å². The number of carbonyl (C=O) groups excluding carboxylic acids is 3. The van der Waals surface area contributed by atoms with Crippen molar-refractivity contribution in [3.05, 3.63) is 53.6 Å². The zero-order valence-electron chi connectivity index (χ0n) is 16.9. The lowest BCUT2D eigenvalue weighted by Crippen LogP contribution is -2.34. The Labute approximate surface area is 177 Å². The van der Waals surface area contributed by atoms with Crippen molar-refractivity contribution >= 4 is 23.5 Å². The third-order valence-electron chi connectivity index (χ3n) is 4.14. The number of para-hydroxylation sites is 1. The lowest BCUT2D eigenvalue weighted by Gasteiger charge is -2.08. The molecule has 0 atom stereocenters. The molecule has 0 unspecified atom stereocenters. The average molecular weight is 428 g/mol. The average Bonchev–Trinajstić information content (AvgIpc) is 3.25. The number of nitrogens with zero attached hydrogens (tertiary/aromatic N) is 1. The summed E-state index contributed by atoms with van der Waals surface area (Å²) in [5.74, 6) is -0.720. The number of benzene rings is 2. The smallest absolute Gasteiger partial charge is 0.347 e. The van der Waals surface area contributed by atoms with Crippen LogP contribution < -0.4 is 19.5 Å². The van der Waals surface area contributed by atoms with E-state index in [9.17, 15) is 14.4 Å². The highest BCUT2D eigenvalue weighted by atomic mass is 16.7. The van der Waals surface area contributed by atoms with E-state index < -0.39 is 31.0 Å². The first kappa shape index (κ1) is 21.6. The molecule has 0 spiro atoms. The minimum Gasteiger partial charge on any atom is -0.496 e. The predicted octanol–water partition coefficient (Wildman–Crippen LogP) is 1.66. The Morgan fingerprint density at radius 3 is 2.65 bits per heavy atom. The largest absolute Gasteiger partial charge is 0.496 e. The minimum atomic E-state index is -0.817. The van der Waals surface area contributed by atoms with Gasteiger partial charge in [-0.25, -0.2) is 4.79 Å². The molecule has 2 amide bonds. The van der Waals surface area contributed by atoms with Crippen molar-refractivity contribution in [2.75, 3.05) is 27.1 Å². The van der Waals surface area contributed by atoms with E-state index in [-0.39, 0.29) is 12.4 Å². The monoisotopic (exact) mass is 428 g/mol. The summed E-state index contributed by atoms with van der Waals surface area (Å²) < 4.78 is 20.4. The van der Waals surface area contributed by atoms with E-state index in [2.05, 4.69) is 10.5 Å². The molecule has 162 valence electrons. The highest BCUT2D eigenvalue weighted by molar-refractivity contribution is 6.06. The van der Waals surface area contributed by atoms with Crippen molar-refractivity contribution in [1.82, 2.24) is 5.32 Å². The van der Waals surface area contributed by atoms with Crippen LogP contribution in [0.15, 0.2) is 47.6 Å². The first-order valence-corrected chi connectivity index (χ1v) is 9.17. The Balaban J connectivity index is 1.42. The van der Waals surface area contributed by atoms with E-state index in [1.54, 1.807) is 43.3 Å². The van der Waals surface area contributed by atoms with Crippen LogP contribution >= 0.6 is 0 Å². The number of hydrogen-bond donors (Lipinski definition) is 1. The van der Waals surface area contributed by atoms with Gasteiger partial charge in [0, 0.05) is 5.56 Å².